The average molecular weight is 1160 g/mol. The van der Waals surface area contributed by atoms with E-state index in [2.05, 4.69) is 214 Å². The van der Waals surface area contributed by atoms with E-state index in [9.17, 15) is 5.11 Å². The van der Waals surface area contributed by atoms with E-state index in [1.165, 1.54) is 80.2 Å². The number of halogens is 1. The molecule has 5 rings (SSSR count). The Kier molecular flexibility index (Phi) is 87.7. The van der Waals surface area contributed by atoms with Gasteiger partial charge in [0.25, 0.3) is 0 Å². The van der Waals surface area contributed by atoms with E-state index < -0.39 is 5.60 Å². The molecule has 0 saturated heterocycles. The van der Waals surface area contributed by atoms with Gasteiger partial charge >= 0.3 is 0 Å². The van der Waals surface area contributed by atoms with Crippen molar-refractivity contribution in [2.24, 2.45) is 16.7 Å². The molecule has 4 aromatic rings. The maximum Gasteiger partial charge on any atom is 0.0843 e. The van der Waals surface area contributed by atoms with Crippen LogP contribution in [0.4, 0.5) is 0 Å². The van der Waals surface area contributed by atoms with Crippen molar-refractivity contribution < 1.29 is 5.11 Å². The van der Waals surface area contributed by atoms with Crippen molar-refractivity contribution >= 4 is 46.4 Å². The molecule has 2 nitrogen and oxygen atoms in total. The van der Waals surface area contributed by atoms with E-state index in [0.29, 0.717) is 21.1 Å². The van der Waals surface area contributed by atoms with E-state index in [0.717, 1.165) is 53.8 Å². The molecule has 1 N–H and O–H groups in total. The van der Waals surface area contributed by atoms with Gasteiger partial charge in [0.2, 0.25) is 0 Å². The van der Waals surface area contributed by atoms with E-state index in [4.69, 9.17) is 16.6 Å². The van der Waals surface area contributed by atoms with Crippen LogP contribution in [0.2, 0.25) is 5.02 Å². The first-order valence-electron chi connectivity index (χ1n) is 28.5. The second kappa shape index (κ2) is 66.7. The lowest BCUT2D eigenvalue weighted by Gasteiger charge is -2.24. The van der Waals surface area contributed by atoms with Gasteiger partial charge in [-0.25, -0.2) is 4.98 Å². The lowest BCUT2D eigenvalue weighted by Crippen LogP contribution is -2.18. The maximum absolute atomic E-state index is 10.7. The van der Waals surface area contributed by atoms with E-state index in [-0.39, 0.29) is 59.4 Å². The number of fused-ring (bicyclic) bond motifs is 1. The number of rotatable bonds is 16. The van der Waals surface area contributed by atoms with Crippen LogP contribution in [0.5, 0.6) is 0 Å². The molecule has 1 aliphatic carbocycles. The van der Waals surface area contributed by atoms with Crippen molar-refractivity contribution in [3.8, 4) is 0 Å². The molecule has 476 valence electrons. The fourth-order valence-electron chi connectivity index (χ4n) is 6.09. The van der Waals surface area contributed by atoms with Crippen molar-refractivity contribution in [2.45, 2.75) is 306 Å². The van der Waals surface area contributed by atoms with Crippen LogP contribution in [0.3, 0.4) is 0 Å². The molecule has 1 atom stereocenters. The summed E-state index contributed by atoms with van der Waals surface area (Å²) in [5, 5.41) is 12.9. The summed E-state index contributed by atoms with van der Waals surface area (Å²) in [5.41, 5.74) is 6.84. The summed E-state index contributed by atoms with van der Waals surface area (Å²) in [6.07, 6.45) is 28.9. The van der Waals surface area contributed by atoms with Crippen LogP contribution in [0.1, 0.15) is 322 Å². The topological polar surface area (TPSA) is 33.1 Å². The maximum atomic E-state index is 10.7. The Morgan fingerprint density at radius 2 is 1.10 bits per heavy atom. The van der Waals surface area contributed by atoms with Gasteiger partial charge in [-0.15, -0.1) is 0 Å². The van der Waals surface area contributed by atoms with Gasteiger partial charge in [0.15, 0.2) is 0 Å². The van der Waals surface area contributed by atoms with Crippen LogP contribution >= 0.6 is 23.4 Å². The fourth-order valence-corrected chi connectivity index (χ4v) is 7.93. The van der Waals surface area contributed by atoms with Crippen LogP contribution in [0.15, 0.2) is 103 Å². The molecular weight excluding hydrogens is 1010 g/mol. The standard InChI is InChI=1S/C35H38ClNOS.2C5H12.2C5H10.2C4H10.C3H8.C2H6.8CH4/c1-4-35(20-21-35)24-39-33(19-15-26-9-5-6-11-31(26)34(2,3)38)28-10-7-8-25(22-28)12-17-30-18-14-27-13-16-29(36)23-32(27)37-30;1-5(2,3)4;3*1-3-5-4-2;1-4(2)3;1-3-4-2;1-3-2;1-2;;;;;;;;/h5-14,16-18,22-23,33,38H,4,15,19-21,24H2,1-3H3;1-4H3;3-5H2,1-2H3;2*3,5H,4H2,1-2H3;4H,1-3H3;3-4H2,1-2H3;3H2,1-2H3;1-2H3;8*1H4/b17-12+;;;2*5-3+;;;;;;;;;;;;/t33-;;;;;;;;;;;;;;;;/m1................/s1. The monoisotopic (exact) mass is 1160 g/mol. The first-order chi connectivity index (χ1) is 34.0. The number of thioether (sulfide) groups is 1. The second-order valence-corrected chi connectivity index (χ2v) is 22.9. The minimum Gasteiger partial charge on any atom is -0.386 e. The number of unbranched alkanes of at least 4 members (excludes halogenated alkanes) is 3. The minimum absolute atomic E-state index is 0. The molecule has 4 heteroatoms. The first kappa shape index (κ1) is 105. The summed E-state index contributed by atoms with van der Waals surface area (Å²) >= 11 is 8.30. The highest BCUT2D eigenvalue weighted by atomic mass is 35.5. The summed E-state index contributed by atoms with van der Waals surface area (Å²) in [5.74, 6) is 2.05. The number of nitrogens with zero attached hydrogens (tertiary/aromatic N) is 1. The SMILES string of the molecule is C.C.C.C.C.C.C.C.C/C=C/CC.C/C=C/CC.CC.CC(C)(C)C.CC(C)C.CCC.CCC1(CS[C@H](CCc2ccccc2C(C)(C)O)c2cccc(/C=C/c3ccc4ccc(Cl)cc4n3)c2)CC1.CCCC.CCCCC. The van der Waals surface area contributed by atoms with Crippen molar-refractivity contribution in [1.82, 2.24) is 4.98 Å². The molecule has 1 fully saturated rings. The number of hydrogen-bond donors (Lipinski definition) is 1. The lowest BCUT2D eigenvalue weighted by atomic mass is 9.90. The zero-order valence-corrected chi connectivity index (χ0v) is 52.8. The van der Waals surface area contributed by atoms with Crippen LogP contribution < -0.4 is 0 Å². The summed E-state index contributed by atoms with van der Waals surface area (Å²) in [7, 11) is 0. The largest absolute Gasteiger partial charge is 0.386 e. The second-order valence-electron chi connectivity index (χ2n) is 21.2. The van der Waals surface area contributed by atoms with Gasteiger partial charge in [-0.2, -0.15) is 11.8 Å². The summed E-state index contributed by atoms with van der Waals surface area (Å²) in [4.78, 5) is 4.78. The normalized spacial score (nSPS) is 11.3. The molecule has 1 heterocycles. The van der Waals surface area contributed by atoms with Crippen LogP contribution in [-0.2, 0) is 12.0 Å². The zero-order chi connectivity index (χ0) is 56.0. The van der Waals surface area contributed by atoms with Gasteiger partial charge in [0.1, 0.15) is 0 Å². The highest BCUT2D eigenvalue weighted by molar-refractivity contribution is 7.99. The number of aryl methyl sites for hydroxylation is 1. The molecule has 0 amide bonds. The molecule has 0 radical (unpaired) electrons. The zero-order valence-electron chi connectivity index (χ0n) is 51.2. The van der Waals surface area contributed by atoms with Gasteiger partial charge in [0, 0.05) is 15.7 Å². The van der Waals surface area contributed by atoms with E-state index >= 15 is 0 Å². The predicted molar refractivity (Wildman–Crippen MR) is 392 cm³/mol. The number of hydrogen-bond acceptors (Lipinski definition) is 3. The van der Waals surface area contributed by atoms with E-state index in [1.807, 2.05) is 65.8 Å². The van der Waals surface area contributed by atoms with Gasteiger partial charge in [-0.05, 0) is 142 Å². The van der Waals surface area contributed by atoms with Gasteiger partial charge in [-0.1, -0.05) is 325 Å². The third kappa shape index (κ3) is 62.5. The molecule has 0 aliphatic heterocycles. The van der Waals surface area contributed by atoms with Gasteiger partial charge in [0.05, 0.1) is 16.8 Å². The first-order valence-corrected chi connectivity index (χ1v) is 30.0. The number of aliphatic hydroxyl groups is 1. The Morgan fingerprint density at radius 1 is 0.637 bits per heavy atom. The average Bonchev–Trinajstić information content (AvgIpc) is 4.12. The molecular formula is C76H148ClNOS. The van der Waals surface area contributed by atoms with Crippen molar-refractivity contribution in [3.63, 3.8) is 0 Å². The summed E-state index contributed by atoms with van der Waals surface area (Å²) < 4.78 is 0. The fraction of sp³-hybridized carbons (Fsp3) is 0.645. The lowest BCUT2D eigenvalue weighted by molar-refractivity contribution is 0.0776. The Balaban J connectivity index is -0.0000000938. The molecule has 1 aromatic heterocycles. The molecule has 1 aliphatic rings. The number of aromatic nitrogens is 1. The third-order valence-corrected chi connectivity index (χ3v) is 12.1. The van der Waals surface area contributed by atoms with Gasteiger partial charge in [-0.3, -0.25) is 0 Å². The van der Waals surface area contributed by atoms with Crippen molar-refractivity contribution in [2.75, 3.05) is 5.75 Å². The van der Waals surface area contributed by atoms with Crippen LogP contribution in [0, 0.1) is 16.7 Å². The highest BCUT2D eigenvalue weighted by Gasteiger charge is 2.41. The molecule has 0 spiro atoms. The number of pyridine rings is 1. The van der Waals surface area contributed by atoms with Crippen LogP contribution in [-0.4, -0.2) is 15.8 Å². The quantitative estimate of drug-likeness (QED) is 0.114. The predicted octanol–water partition coefficient (Wildman–Crippen LogP) is 29.1. The number of allylic oxidation sites excluding steroid dienone is 4. The molecule has 0 bridgehead atoms. The Morgan fingerprint density at radius 3 is 1.48 bits per heavy atom. The Bertz CT molecular complexity index is 1880. The highest BCUT2D eigenvalue weighted by Crippen LogP contribution is 2.53. The molecule has 1 saturated carbocycles. The summed E-state index contributed by atoms with van der Waals surface area (Å²) in [6, 6.07) is 27.3. The third-order valence-electron chi connectivity index (χ3n) is 10.2. The van der Waals surface area contributed by atoms with Crippen molar-refractivity contribution in [1.29, 1.82) is 0 Å². The Hall–Kier alpha value is -3.11. The molecule has 80 heavy (non-hydrogen) atoms. The van der Waals surface area contributed by atoms with Crippen molar-refractivity contribution in [3.05, 3.63) is 136 Å². The minimum atomic E-state index is -0.841. The van der Waals surface area contributed by atoms with Crippen LogP contribution in [0.25, 0.3) is 23.1 Å². The van der Waals surface area contributed by atoms with Gasteiger partial charge < -0.3 is 5.11 Å². The van der Waals surface area contributed by atoms with E-state index in [1.54, 1.807) is 0 Å². The Labute approximate surface area is 518 Å². The number of benzene rings is 3. The smallest absolute Gasteiger partial charge is 0.0843 e. The molecule has 0 unspecified atom stereocenters. The molecule has 3 aromatic carbocycles. The summed E-state index contributed by atoms with van der Waals surface area (Å²) in [6.45, 7) is 46.7.